The zero-order valence-electron chi connectivity index (χ0n) is 18.5. The van der Waals surface area contributed by atoms with E-state index < -0.39 is 27.3 Å². The van der Waals surface area contributed by atoms with Crippen LogP contribution in [0.1, 0.15) is 54.0 Å². The van der Waals surface area contributed by atoms with Crippen molar-refractivity contribution in [3.05, 3.63) is 39.9 Å². The molecular weight excluding hydrogens is 390 g/mol. The van der Waals surface area contributed by atoms with Gasteiger partial charge in [0.2, 0.25) is 14.1 Å². The van der Waals surface area contributed by atoms with Gasteiger partial charge in [0, 0.05) is 17.7 Å². The Balaban J connectivity index is 3.30. The summed E-state index contributed by atoms with van der Waals surface area (Å²) < 4.78 is 12.9. The van der Waals surface area contributed by atoms with E-state index in [1.165, 1.54) is 12.1 Å². The predicted octanol–water partition coefficient (Wildman–Crippen LogP) is 6.74. The zero-order valence-corrected chi connectivity index (χ0v) is 20.5. The molecule has 8 heteroatoms. The summed E-state index contributed by atoms with van der Waals surface area (Å²) in [6, 6.07) is 12.3. The van der Waals surface area contributed by atoms with Crippen molar-refractivity contribution >= 4 is 22.3 Å². The monoisotopic (exact) mass is 427 g/mol. The number of rotatable bonds is 13. The van der Waals surface area contributed by atoms with E-state index in [1.54, 1.807) is 12.1 Å². The molecule has 1 unspecified atom stereocenters. The van der Waals surface area contributed by atoms with Crippen molar-refractivity contribution in [3.8, 4) is 0 Å². The van der Waals surface area contributed by atoms with Gasteiger partial charge in [0.1, 0.15) is 0 Å². The second-order valence-corrected chi connectivity index (χ2v) is 16.9. The molecule has 28 heavy (non-hydrogen) atoms. The number of nitro groups is 1. The molecule has 160 valence electrons. The van der Waals surface area contributed by atoms with Gasteiger partial charge in [-0.1, -0.05) is 41.5 Å². The predicted molar refractivity (Wildman–Crippen MR) is 118 cm³/mol. The van der Waals surface area contributed by atoms with E-state index in [1.807, 2.05) is 6.92 Å². The van der Waals surface area contributed by atoms with Crippen LogP contribution >= 0.6 is 0 Å². The standard InChI is InChI=1S/C20H37NO5Si2/c1-8-27(9-2,10-3)25-20(7,24-26-28(11-4,12-5)13-6)18-14-16-19(17-15-18)21(22)23/h14-17H,8-13H2,1-7H3. The molecule has 0 aliphatic carbocycles. The highest BCUT2D eigenvalue weighted by atomic mass is 28.4. The van der Waals surface area contributed by atoms with Crippen molar-refractivity contribution < 1.29 is 18.8 Å². The van der Waals surface area contributed by atoms with Gasteiger partial charge in [0.05, 0.1) is 4.92 Å². The van der Waals surface area contributed by atoms with Crippen molar-refractivity contribution in [1.82, 2.24) is 0 Å². The fourth-order valence-electron chi connectivity index (χ4n) is 3.48. The van der Waals surface area contributed by atoms with Crippen molar-refractivity contribution in [3.63, 3.8) is 0 Å². The molecular formula is C20H37NO5Si2. The first-order chi connectivity index (χ1) is 13.2. The van der Waals surface area contributed by atoms with Gasteiger partial charge >= 0.3 is 0 Å². The lowest BCUT2D eigenvalue weighted by Gasteiger charge is -2.41. The molecule has 0 radical (unpaired) electrons. The maximum Gasteiger partial charge on any atom is 0.269 e. The lowest BCUT2D eigenvalue weighted by molar-refractivity contribution is -0.385. The molecule has 0 amide bonds. The van der Waals surface area contributed by atoms with E-state index in [2.05, 4.69) is 41.5 Å². The Labute approximate surface area is 171 Å². The number of nitrogens with zero attached hydrogens (tertiary/aromatic N) is 1. The first-order valence-electron chi connectivity index (χ1n) is 10.5. The Hall–Kier alpha value is -1.07. The van der Waals surface area contributed by atoms with Crippen LogP contribution in [-0.2, 0) is 19.7 Å². The van der Waals surface area contributed by atoms with Crippen LogP contribution in [0.2, 0.25) is 36.3 Å². The molecule has 1 aromatic carbocycles. The molecule has 1 rings (SSSR count). The third kappa shape index (κ3) is 5.73. The Morgan fingerprint density at radius 2 is 1.29 bits per heavy atom. The highest BCUT2D eigenvalue weighted by Gasteiger charge is 2.43. The maximum atomic E-state index is 11.0. The minimum absolute atomic E-state index is 0.0522. The van der Waals surface area contributed by atoms with Gasteiger partial charge in [-0.15, -0.1) is 0 Å². The van der Waals surface area contributed by atoms with E-state index in [0.717, 1.165) is 41.8 Å². The SMILES string of the molecule is CC[Si](CC)(CC)OOC(C)(O[Si](CC)(CC)CC)c1ccc([N+](=O)[O-])cc1. The van der Waals surface area contributed by atoms with E-state index in [-0.39, 0.29) is 5.69 Å². The Kier molecular flexibility index (Phi) is 9.49. The first-order valence-corrected chi connectivity index (χ1v) is 15.6. The Morgan fingerprint density at radius 1 is 0.857 bits per heavy atom. The zero-order chi connectivity index (χ0) is 21.4. The van der Waals surface area contributed by atoms with E-state index >= 15 is 0 Å². The Morgan fingerprint density at radius 3 is 1.64 bits per heavy atom. The van der Waals surface area contributed by atoms with Crippen LogP contribution in [0.15, 0.2) is 24.3 Å². The highest BCUT2D eigenvalue weighted by molar-refractivity contribution is 6.74. The quantitative estimate of drug-likeness (QED) is 0.115. The number of hydrogen-bond acceptors (Lipinski definition) is 5. The number of nitro benzene ring substituents is 1. The average molecular weight is 428 g/mol. The highest BCUT2D eigenvalue weighted by Crippen LogP contribution is 2.38. The van der Waals surface area contributed by atoms with Crippen LogP contribution in [0, 0.1) is 10.1 Å². The summed E-state index contributed by atoms with van der Waals surface area (Å²) >= 11 is 0. The summed E-state index contributed by atoms with van der Waals surface area (Å²) in [4.78, 5) is 16.8. The molecule has 0 spiro atoms. The fourth-order valence-corrected chi connectivity index (χ4v) is 8.58. The number of hydrogen-bond donors (Lipinski definition) is 0. The van der Waals surface area contributed by atoms with Crippen LogP contribution in [0.3, 0.4) is 0 Å². The fraction of sp³-hybridized carbons (Fsp3) is 0.700. The number of non-ortho nitro benzene ring substituents is 1. The molecule has 0 bridgehead atoms. The molecule has 0 saturated carbocycles. The van der Waals surface area contributed by atoms with Crippen LogP contribution in [0.25, 0.3) is 0 Å². The topological polar surface area (TPSA) is 70.8 Å². The van der Waals surface area contributed by atoms with Gasteiger partial charge in [0.25, 0.3) is 5.69 Å². The third-order valence-corrected chi connectivity index (χ3v) is 15.2. The minimum atomic E-state index is -2.02. The summed E-state index contributed by atoms with van der Waals surface area (Å²) in [6.45, 7) is 14.8. The second kappa shape index (κ2) is 10.6. The second-order valence-electron chi connectivity index (χ2n) is 7.51. The van der Waals surface area contributed by atoms with Gasteiger partial charge < -0.3 is 4.43 Å². The average Bonchev–Trinajstić information content (AvgIpc) is 2.73. The van der Waals surface area contributed by atoms with Crippen molar-refractivity contribution in [2.75, 3.05) is 0 Å². The summed E-state index contributed by atoms with van der Waals surface area (Å²) in [5, 5.41) is 11.0. The number of benzene rings is 1. The summed E-state index contributed by atoms with van der Waals surface area (Å²) in [7, 11) is -4.01. The van der Waals surface area contributed by atoms with Gasteiger partial charge in [-0.25, -0.2) is 4.89 Å². The largest absolute Gasteiger partial charge is 0.385 e. The molecule has 1 aromatic rings. The normalized spacial score (nSPS) is 14.7. The first kappa shape index (κ1) is 25.0. The molecule has 0 N–H and O–H groups in total. The molecule has 0 saturated heterocycles. The van der Waals surface area contributed by atoms with Crippen molar-refractivity contribution in [1.29, 1.82) is 0 Å². The smallest absolute Gasteiger partial charge is 0.269 e. The lowest BCUT2D eigenvalue weighted by Crippen LogP contribution is -2.48. The summed E-state index contributed by atoms with van der Waals surface area (Å²) in [5.74, 6) is -1.08. The molecule has 6 nitrogen and oxygen atoms in total. The molecule has 0 aliphatic heterocycles. The lowest BCUT2D eigenvalue weighted by atomic mass is 10.1. The van der Waals surface area contributed by atoms with Crippen molar-refractivity contribution in [2.24, 2.45) is 0 Å². The minimum Gasteiger partial charge on any atom is -0.385 e. The molecule has 0 aliphatic rings. The van der Waals surface area contributed by atoms with E-state index in [9.17, 15) is 10.1 Å². The molecule has 1 atom stereocenters. The van der Waals surface area contributed by atoms with Crippen LogP contribution < -0.4 is 0 Å². The molecule has 0 fully saturated rings. The van der Waals surface area contributed by atoms with Crippen LogP contribution in [0.4, 0.5) is 5.69 Å². The van der Waals surface area contributed by atoms with E-state index in [0.29, 0.717) is 0 Å². The van der Waals surface area contributed by atoms with Crippen LogP contribution in [0.5, 0.6) is 0 Å². The third-order valence-electron chi connectivity index (χ3n) is 6.26. The maximum absolute atomic E-state index is 11.0. The van der Waals surface area contributed by atoms with Crippen LogP contribution in [-0.4, -0.2) is 21.6 Å². The van der Waals surface area contributed by atoms with E-state index in [4.69, 9.17) is 13.9 Å². The molecule has 0 heterocycles. The summed E-state index contributed by atoms with van der Waals surface area (Å²) in [5.41, 5.74) is 0.799. The van der Waals surface area contributed by atoms with Gasteiger partial charge in [-0.05, 0) is 55.3 Å². The van der Waals surface area contributed by atoms with Gasteiger partial charge in [-0.3, -0.25) is 14.7 Å². The van der Waals surface area contributed by atoms with Crippen molar-refractivity contribution in [2.45, 2.75) is 90.5 Å². The van der Waals surface area contributed by atoms with Gasteiger partial charge in [-0.2, -0.15) is 0 Å². The molecule has 0 aromatic heterocycles. The summed E-state index contributed by atoms with van der Waals surface area (Å²) in [6.07, 6.45) is 0. The Bertz CT molecular complexity index is 601. The van der Waals surface area contributed by atoms with Gasteiger partial charge in [0.15, 0.2) is 8.32 Å².